The lowest BCUT2D eigenvalue weighted by Crippen LogP contribution is -2.31. The molecule has 142 valence electrons. The lowest BCUT2D eigenvalue weighted by molar-refractivity contribution is -0.121. The Morgan fingerprint density at radius 3 is 2.61 bits per heavy atom. The minimum absolute atomic E-state index is 0.0144. The second-order valence-corrected chi connectivity index (χ2v) is 7.12. The van der Waals surface area contributed by atoms with Gasteiger partial charge in [0.05, 0.1) is 18.4 Å². The molecule has 0 bridgehead atoms. The number of methoxy groups -OCH3 is 1. The average Bonchev–Trinajstić information content (AvgIpc) is 3.27. The third-order valence-electron chi connectivity index (χ3n) is 4.22. The summed E-state index contributed by atoms with van der Waals surface area (Å²) in [4.78, 5) is 26.3. The molecule has 2 amide bonds. The van der Waals surface area contributed by atoms with Crippen molar-refractivity contribution in [3.05, 3.63) is 48.5 Å². The molecule has 9 heteroatoms. The van der Waals surface area contributed by atoms with E-state index >= 15 is 0 Å². The highest BCUT2D eigenvalue weighted by Gasteiger charge is 2.41. The minimum atomic E-state index is -0.660. The van der Waals surface area contributed by atoms with Crippen LogP contribution in [0.3, 0.4) is 0 Å². The fraction of sp³-hybridized carbons (Fsp3) is 0.158. The molecular formula is C19H15N3O5S. The van der Waals surface area contributed by atoms with Gasteiger partial charge in [-0.2, -0.15) is 0 Å². The van der Waals surface area contributed by atoms with E-state index < -0.39 is 5.25 Å². The summed E-state index contributed by atoms with van der Waals surface area (Å²) in [6.07, 6.45) is 0.0316. The fourth-order valence-electron chi connectivity index (χ4n) is 2.84. The molecule has 1 atom stereocenters. The molecule has 28 heavy (non-hydrogen) atoms. The third-order valence-corrected chi connectivity index (χ3v) is 5.24. The van der Waals surface area contributed by atoms with Gasteiger partial charge in [-0.05, 0) is 36.4 Å². The van der Waals surface area contributed by atoms with Gasteiger partial charge in [0.1, 0.15) is 16.7 Å². The van der Waals surface area contributed by atoms with Crippen LogP contribution in [0.25, 0.3) is 11.5 Å². The van der Waals surface area contributed by atoms with Crippen LogP contribution in [0, 0.1) is 0 Å². The van der Waals surface area contributed by atoms with E-state index in [4.69, 9.17) is 9.15 Å². The molecule has 1 aliphatic heterocycles. The quantitative estimate of drug-likeness (QED) is 0.655. The Morgan fingerprint density at radius 2 is 1.89 bits per heavy atom. The first kappa shape index (κ1) is 18.1. The SMILES string of the molecule is COc1ccc(N2C(=O)CC(Sc3nnc(-c4ccccc4O)o3)C2=O)cc1. The summed E-state index contributed by atoms with van der Waals surface area (Å²) in [5, 5.41) is 17.2. The van der Waals surface area contributed by atoms with Gasteiger partial charge in [0, 0.05) is 6.42 Å². The number of rotatable bonds is 5. The van der Waals surface area contributed by atoms with Crippen LogP contribution >= 0.6 is 11.8 Å². The Hall–Kier alpha value is -3.33. The van der Waals surface area contributed by atoms with Crippen molar-refractivity contribution in [2.24, 2.45) is 0 Å². The molecule has 2 heterocycles. The molecule has 4 rings (SSSR count). The lowest BCUT2D eigenvalue weighted by atomic mass is 10.2. The fourth-order valence-corrected chi connectivity index (χ4v) is 3.73. The zero-order chi connectivity index (χ0) is 19.7. The predicted octanol–water partition coefficient (Wildman–Crippen LogP) is 2.88. The van der Waals surface area contributed by atoms with Gasteiger partial charge < -0.3 is 14.3 Å². The van der Waals surface area contributed by atoms with Crippen LogP contribution in [0.1, 0.15) is 6.42 Å². The molecule has 3 aromatic rings. The van der Waals surface area contributed by atoms with E-state index in [0.29, 0.717) is 17.0 Å². The van der Waals surface area contributed by atoms with E-state index in [0.717, 1.165) is 16.7 Å². The highest BCUT2D eigenvalue weighted by Crippen LogP contribution is 2.36. The van der Waals surface area contributed by atoms with Gasteiger partial charge in [-0.25, -0.2) is 4.90 Å². The van der Waals surface area contributed by atoms with Gasteiger partial charge in [0.25, 0.3) is 11.1 Å². The van der Waals surface area contributed by atoms with Crippen LogP contribution in [0.4, 0.5) is 5.69 Å². The Labute approximate surface area is 164 Å². The Bertz CT molecular complexity index is 1030. The lowest BCUT2D eigenvalue weighted by Gasteiger charge is -2.14. The Balaban J connectivity index is 1.51. The summed E-state index contributed by atoms with van der Waals surface area (Å²) >= 11 is 1.03. The van der Waals surface area contributed by atoms with Crippen molar-refractivity contribution in [2.75, 3.05) is 12.0 Å². The van der Waals surface area contributed by atoms with E-state index in [1.807, 2.05) is 0 Å². The molecule has 1 fully saturated rings. The molecule has 0 radical (unpaired) electrons. The summed E-state index contributed by atoms with van der Waals surface area (Å²) in [6, 6.07) is 13.3. The summed E-state index contributed by atoms with van der Waals surface area (Å²) < 4.78 is 10.6. The number of phenolic OH excluding ortho intramolecular Hbond substituents is 1. The number of hydrogen-bond donors (Lipinski definition) is 1. The summed E-state index contributed by atoms with van der Waals surface area (Å²) in [7, 11) is 1.54. The van der Waals surface area contributed by atoms with Gasteiger partial charge in [0.2, 0.25) is 11.8 Å². The summed E-state index contributed by atoms with van der Waals surface area (Å²) in [5.41, 5.74) is 0.884. The van der Waals surface area contributed by atoms with Crippen LogP contribution < -0.4 is 9.64 Å². The number of para-hydroxylation sites is 1. The second-order valence-electron chi connectivity index (χ2n) is 5.97. The van der Waals surface area contributed by atoms with Crippen molar-refractivity contribution in [3.8, 4) is 23.0 Å². The van der Waals surface area contributed by atoms with Crippen molar-refractivity contribution in [2.45, 2.75) is 16.9 Å². The summed E-state index contributed by atoms with van der Waals surface area (Å²) in [5.74, 6) is 0.150. The molecule has 0 spiro atoms. The first-order valence-corrected chi connectivity index (χ1v) is 9.24. The number of amides is 2. The highest BCUT2D eigenvalue weighted by atomic mass is 32.2. The number of imide groups is 1. The number of hydrogen-bond acceptors (Lipinski definition) is 8. The monoisotopic (exact) mass is 397 g/mol. The molecule has 1 aliphatic rings. The van der Waals surface area contributed by atoms with E-state index in [1.165, 1.54) is 6.07 Å². The molecule has 0 saturated carbocycles. The smallest absolute Gasteiger partial charge is 0.277 e. The second kappa shape index (κ2) is 7.35. The molecule has 1 N–H and O–H groups in total. The number of aromatic nitrogens is 2. The Kier molecular flexibility index (Phi) is 4.74. The number of phenols is 1. The van der Waals surface area contributed by atoms with Crippen LogP contribution in [0.15, 0.2) is 58.2 Å². The molecule has 2 aromatic carbocycles. The topological polar surface area (TPSA) is 106 Å². The zero-order valence-corrected chi connectivity index (χ0v) is 15.5. The van der Waals surface area contributed by atoms with Crippen molar-refractivity contribution in [1.29, 1.82) is 0 Å². The number of carbonyl (C=O) groups excluding carboxylic acids is 2. The number of nitrogens with zero attached hydrogens (tertiary/aromatic N) is 3. The van der Waals surface area contributed by atoms with Crippen molar-refractivity contribution in [3.63, 3.8) is 0 Å². The van der Waals surface area contributed by atoms with Gasteiger partial charge in [-0.15, -0.1) is 10.2 Å². The first-order chi connectivity index (χ1) is 13.6. The Morgan fingerprint density at radius 1 is 1.14 bits per heavy atom. The number of aromatic hydroxyl groups is 1. The number of benzene rings is 2. The summed E-state index contributed by atoms with van der Waals surface area (Å²) in [6.45, 7) is 0. The van der Waals surface area contributed by atoms with Gasteiger partial charge in [-0.3, -0.25) is 9.59 Å². The van der Waals surface area contributed by atoms with Crippen LogP contribution in [0.2, 0.25) is 0 Å². The molecule has 8 nitrogen and oxygen atoms in total. The third kappa shape index (κ3) is 3.31. The number of carbonyl (C=O) groups is 2. The van der Waals surface area contributed by atoms with Crippen LogP contribution in [-0.2, 0) is 9.59 Å². The number of thioether (sulfide) groups is 1. The van der Waals surface area contributed by atoms with E-state index in [9.17, 15) is 14.7 Å². The largest absolute Gasteiger partial charge is 0.507 e. The van der Waals surface area contributed by atoms with Crippen molar-refractivity contribution < 1.29 is 23.8 Å². The zero-order valence-electron chi connectivity index (χ0n) is 14.7. The minimum Gasteiger partial charge on any atom is -0.507 e. The molecule has 0 aliphatic carbocycles. The average molecular weight is 397 g/mol. The molecule has 1 saturated heterocycles. The molecular weight excluding hydrogens is 382 g/mol. The normalized spacial score (nSPS) is 16.6. The van der Waals surface area contributed by atoms with E-state index in [-0.39, 0.29) is 35.1 Å². The standard InChI is InChI=1S/C19H15N3O5S/c1-26-12-8-6-11(7-9-12)22-16(24)10-15(18(22)25)28-19-21-20-17(27-19)13-4-2-3-5-14(13)23/h2-9,15,23H,10H2,1H3. The van der Waals surface area contributed by atoms with Gasteiger partial charge >= 0.3 is 0 Å². The number of ether oxygens (including phenoxy) is 1. The van der Waals surface area contributed by atoms with Gasteiger partial charge in [0.15, 0.2) is 0 Å². The van der Waals surface area contributed by atoms with E-state index in [1.54, 1.807) is 49.6 Å². The van der Waals surface area contributed by atoms with Crippen LogP contribution in [0.5, 0.6) is 11.5 Å². The first-order valence-electron chi connectivity index (χ1n) is 8.36. The maximum absolute atomic E-state index is 12.7. The molecule has 1 unspecified atom stereocenters. The van der Waals surface area contributed by atoms with Crippen molar-refractivity contribution >= 4 is 29.3 Å². The van der Waals surface area contributed by atoms with E-state index in [2.05, 4.69) is 10.2 Å². The van der Waals surface area contributed by atoms with Gasteiger partial charge in [-0.1, -0.05) is 23.9 Å². The maximum Gasteiger partial charge on any atom is 0.277 e. The number of anilines is 1. The molecule has 1 aromatic heterocycles. The maximum atomic E-state index is 12.7. The van der Waals surface area contributed by atoms with Crippen molar-refractivity contribution in [1.82, 2.24) is 10.2 Å². The van der Waals surface area contributed by atoms with Crippen LogP contribution in [-0.4, -0.2) is 39.5 Å². The highest BCUT2D eigenvalue weighted by molar-refractivity contribution is 8.00. The predicted molar refractivity (Wildman–Crippen MR) is 101 cm³/mol.